The Morgan fingerprint density at radius 2 is 1.50 bits per heavy atom. The first-order valence-electron chi connectivity index (χ1n) is 7.79. The number of nitrogens with one attached hydrogen (secondary N) is 1. The van der Waals surface area contributed by atoms with Crippen LogP contribution in [0.15, 0.2) is 24.3 Å². The van der Waals surface area contributed by atoms with Crippen molar-refractivity contribution in [1.29, 1.82) is 0 Å². The number of fused-ring (bicyclic) bond motifs is 1. The van der Waals surface area contributed by atoms with Crippen LogP contribution in [0.25, 0.3) is 10.1 Å². The first-order valence-corrected chi connectivity index (χ1v) is 8.61. The van der Waals surface area contributed by atoms with Crippen LogP contribution in [0.1, 0.15) is 27.6 Å². The summed E-state index contributed by atoms with van der Waals surface area (Å²) in [5.41, 5.74) is -1.73. The summed E-state index contributed by atoms with van der Waals surface area (Å²) in [5, 5.41) is 2.31. The maximum Gasteiger partial charge on any atom is 0.341 e. The lowest BCUT2D eigenvalue weighted by molar-refractivity contribution is 0.0530. The van der Waals surface area contributed by atoms with Crippen molar-refractivity contribution in [3.05, 3.63) is 64.5 Å². The molecule has 3 rings (SSSR count). The van der Waals surface area contributed by atoms with Gasteiger partial charge in [-0.15, -0.1) is 11.3 Å². The number of carbonyl (C=O) groups excluding carboxylic acids is 2. The number of thiophene rings is 1. The van der Waals surface area contributed by atoms with E-state index in [0.29, 0.717) is 10.1 Å². The molecule has 1 amide bonds. The highest BCUT2D eigenvalue weighted by molar-refractivity contribution is 7.23. The summed E-state index contributed by atoms with van der Waals surface area (Å²) in [6, 6.07) is 6.46. The molecule has 0 atom stereocenters. The summed E-state index contributed by atoms with van der Waals surface area (Å²) in [6.07, 6.45) is 0. The van der Waals surface area contributed by atoms with Crippen LogP contribution in [0.2, 0.25) is 0 Å². The number of amides is 1. The molecule has 0 saturated heterocycles. The van der Waals surface area contributed by atoms with Crippen molar-refractivity contribution in [3.63, 3.8) is 0 Å². The molecular formula is C18H10F5NO3S. The van der Waals surface area contributed by atoms with E-state index in [1.54, 1.807) is 31.2 Å². The third-order valence-corrected chi connectivity index (χ3v) is 4.83. The summed E-state index contributed by atoms with van der Waals surface area (Å²) >= 11 is 0.885. The zero-order valence-electron chi connectivity index (χ0n) is 14.0. The molecule has 0 aliphatic carbocycles. The highest BCUT2D eigenvalue weighted by Gasteiger charge is 2.31. The summed E-state index contributed by atoms with van der Waals surface area (Å²) in [5.74, 6) is -13.8. The van der Waals surface area contributed by atoms with Crippen molar-refractivity contribution in [2.75, 3.05) is 11.9 Å². The third-order valence-electron chi connectivity index (χ3n) is 3.74. The molecule has 0 aliphatic heterocycles. The van der Waals surface area contributed by atoms with Gasteiger partial charge in [0.2, 0.25) is 5.82 Å². The van der Waals surface area contributed by atoms with E-state index in [-0.39, 0.29) is 17.2 Å². The minimum absolute atomic E-state index is 0.0219. The minimum Gasteiger partial charge on any atom is -0.462 e. The number of benzene rings is 2. The summed E-state index contributed by atoms with van der Waals surface area (Å²) in [7, 11) is 0. The van der Waals surface area contributed by atoms with Crippen LogP contribution in [0.3, 0.4) is 0 Å². The van der Waals surface area contributed by atoms with E-state index in [2.05, 4.69) is 5.32 Å². The van der Waals surface area contributed by atoms with Gasteiger partial charge < -0.3 is 10.1 Å². The zero-order chi connectivity index (χ0) is 20.6. The molecular weight excluding hydrogens is 405 g/mol. The van der Waals surface area contributed by atoms with E-state index in [4.69, 9.17) is 4.74 Å². The molecule has 0 fully saturated rings. The van der Waals surface area contributed by atoms with Crippen LogP contribution < -0.4 is 5.32 Å². The Balaban J connectivity index is 2.10. The number of ether oxygens (including phenoxy) is 1. The smallest absolute Gasteiger partial charge is 0.341 e. The van der Waals surface area contributed by atoms with Crippen LogP contribution in [-0.4, -0.2) is 18.5 Å². The van der Waals surface area contributed by atoms with Gasteiger partial charge in [-0.1, -0.05) is 18.2 Å². The Kier molecular flexibility index (Phi) is 5.32. The fourth-order valence-corrected chi connectivity index (χ4v) is 3.59. The lowest BCUT2D eigenvalue weighted by atomic mass is 10.1. The second-order valence-corrected chi connectivity index (χ2v) is 6.47. The number of esters is 1. The van der Waals surface area contributed by atoms with Gasteiger partial charge in [0.15, 0.2) is 23.3 Å². The third kappa shape index (κ3) is 3.19. The predicted octanol–water partition coefficient (Wildman–Crippen LogP) is 5.03. The monoisotopic (exact) mass is 415 g/mol. The molecule has 0 aliphatic rings. The van der Waals surface area contributed by atoms with Gasteiger partial charge in [0.25, 0.3) is 5.91 Å². The van der Waals surface area contributed by atoms with E-state index < -0.39 is 46.5 Å². The number of rotatable bonds is 4. The molecule has 146 valence electrons. The van der Waals surface area contributed by atoms with Gasteiger partial charge in [-0.2, -0.15) is 0 Å². The van der Waals surface area contributed by atoms with Crippen LogP contribution >= 0.6 is 11.3 Å². The summed E-state index contributed by atoms with van der Waals surface area (Å²) in [4.78, 5) is 24.5. The topological polar surface area (TPSA) is 55.4 Å². The molecule has 1 aromatic heterocycles. The zero-order valence-corrected chi connectivity index (χ0v) is 14.9. The van der Waals surface area contributed by atoms with Crippen molar-refractivity contribution in [1.82, 2.24) is 0 Å². The van der Waals surface area contributed by atoms with Gasteiger partial charge in [0.05, 0.1) is 6.61 Å². The number of hydrogen-bond acceptors (Lipinski definition) is 4. The van der Waals surface area contributed by atoms with Gasteiger partial charge in [0.1, 0.15) is 16.1 Å². The highest BCUT2D eigenvalue weighted by Crippen LogP contribution is 2.37. The lowest BCUT2D eigenvalue weighted by Gasteiger charge is -2.09. The van der Waals surface area contributed by atoms with Gasteiger partial charge in [-0.3, -0.25) is 4.79 Å². The number of anilines is 1. The van der Waals surface area contributed by atoms with Gasteiger partial charge in [-0.25, -0.2) is 26.7 Å². The Labute approximate surface area is 158 Å². The Bertz CT molecular complexity index is 1080. The molecule has 3 aromatic rings. The van der Waals surface area contributed by atoms with Crippen molar-refractivity contribution >= 4 is 38.3 Å². The first kappa shape index (κ1) is 19.7. The van der Waals surface area contributed by atoms with E-state index in [1.807, 2.05) is 0 Å². The highest BCUT2D eigenvalue weighted by atomic mass is 32.1. The molecule has 28 heavy (non-hydrogen) atoms. The molecule has 4 nitrogen and oxygen atoms in total. The van der Waals surface area contributed by atoms with E-state index in [1.165, 1.54) is 0 Å². The van der Waals surface area contributed by atoms with Crippen LogP contribution in [-0.2, 0) is 4.74 Å². The molecule has 0 bridgehead atoms. The minimum atomic E-state index is -2.37. The molecule has 0 spiro atoms. The molecule has 0 unspecified atom stereocenters. The molecule has 0 radical (unpaired) electrons. The molecule has 10 heteroatoms. The van der Waals surface area contributed by atoms with E-state index in [0.717, 1.165) is 11.3 Å². The average Bonchev–Trinajstić information content (AvgIpc) is 3.03. The van der Waals surface area contributed by atoms with Crippen LogP contribution in [0.4, 0.5) is 27.0 Å². The number of hydrogen-bond donors (Lipinski definition) is 1. The van der Waals surface area contributed by atoms with Gasteiger partial charge in [-0.05, 0) is 13.0 Å². The Morgan fingerprint density at radius 1 is 0.929 bits per heavy atom. The first-order chi connectivity index (χ1) is 13.3. The van der Waals surface area contributed by atoms with E-state index >= 15 is 0 Å². The quantitative estimate of drug-likeness (QED) is 0.282. The van der Waals surface area contributed by atoms with Crippen molar-refractivity contribution < 1.29 is 36.3 Å². The molecule has 2 aromatic carbocycles. The second-order valence-electron chi connectivity index (χ2n) is 5.42. The fraction of sp³-hybridized carbons (Fsp3) is 0.111. The van der Waals surface area contributed by atoms with Crippen LogP contribution in [0.5, 0.6) is 0 Å². The molecule has 0 saturated carbocycles. The summed E-state index contributed by atoms with van der Waals surface area (Å²) in [6.45, 7) is 1.58. The fourth-order valence-electron chi connectivity index (χ4n) is 2.51. The number of carbonyl (C=O) groups is 2. The van der Waals surface area contributed by atoms with Crippen molar-refractivity contribution in [3.8, 4) is 0 Å². The maximum absolute atomic E-state index is 13.9. The second kappa shape index (κ2) is 7.55. The lowest BCUT2D eigenvalue weighted by Crippen LogP contribution is -2.20. The number of halogens is 5. The Morgan fingerprint density at radius 3 is 2.11 bits per heavy atom. The maximum atomic E-state index is 13.9. The largest absolute Gasteiger partial charge is 0.462 e. The predicted molar refractivity (Wildman–Crippen MR) is 92.0 cm³/mol. The SMILES string of the molecule is CCOC(=O)c1c(NC(=O)c2c(F)c(F)c(F)c(F)c2F)sc2ccccc12. The van der Waals surface area contributed by atoms with Crippen molar-refractivity contribution in [2.24, 2.45) is 0 Å². The molecule has 1 heterocycles. The average molecular weight is 415 g/mol. The Hall–Kier alpha value is -3.01. The molecule has 1 N–H and O–H groups in total. The van der Waals surface area contributed by atoms with Gasteiger partial charge in [0, 0.05) is 10.1 Å². The van der Waals surface area contributed by atoms with Crippen molar-refractivity contribution in [2.45, 2.75) is 6.92 Å². The normalized spacial score (nSPS) is 10.9. The standard InChI is InChI=1S/C18H10F5NO3S/c1-2-27-18(26)9-7-5-3-4-6-8(7)28-17(9)24-16(25)10-11(19)13(21)15(23)14(22)12(10)20/h3-6H,2H2,1H3,(H,24,25). The summed E-state index contributed by atoms with van der Waals surface area (Å²) < 4.78 is 73.1. The van der Waals surface area contributed by atoms with Gasteiger partial charge >= 0.3 is 5.97 Å². The van der Waals surface area contributed by atoms with E-state index in [9.17, 15) is 31.5 Å². The van der Waals surface area contributed by atoms with Crippen LogP contribution in [0, 0.1) is 29.1 Å².